The van der Waals surface area contributed by atoms with Crippen molar-refractivity contribution in [2.24, 2.45) is 0 Å². The fourth-order valence-electron chi connectivity index (χ4n) is 2.03. The average molecular weight is 342 g/mol. The summed E-state index contributed by atoms with van der Waals surface area (Å²) in [6, 6.07) is 1.75. The summed E-state index contributed by atoms with van der Waals surface area (Å²) in [6.07, 6.45) is 0.449. The van der Waals surface area contributed by atoms with Crippen molar-refractivity contribution in [3.05, 3.63) is 33.6 Å². The van der Waals surface area contributed by atoms with Gasteiger partial charge in [0.15, 0.2) is 0 Å². The van der Waals surface area contributed by atoms with E-state index < -0.39 is 27.1 Å². The van der Waals surface area contributed by atoms with E-state index in [4.69, 9.17) is 27.9 Å². The molecule has 2 atom stereocenters. The lowest BCUT2D eigenvalue weighted by Crippen LogP contribution is -2.36. The van der Waals surface area contributed by atoms with Gasteiger partial charge in [-0.2, -0.15) is 0 Å². The van der Waals surface area contributed by atoms with Gasteiger partial charge < -0.3 is 4.74 Å². The van der Waals surface area contributed by atoms with Crippen LogP contribution in [0.5, 0.6) is 0 Å². The van der Waals surface area contributed by atoms with Crippen LogP contribution in [0.15, 0.2) is 12.1 Å². The number of hydrogen-bond donors (Lipinski definition) is 1. The van der Waals surface area contributed by atoms with E-state index in [9.17, 15) is 12.8 Å². The van der Waals surface area contributed by atoms with Crippen molar-refractivity contribution in [1.82, 2.24) is 4.72 Å². The van der Waals surface area contributed by atoms with E-state index in [0.29, 0.717) is 18.6 Å². The van der Waals surface area contributed by atoms with Gasteiger partial charge in [0, 0.05) is 17.7 Å². The van der Waals surface area contributed by atoms with Crippen LogP contribution < -0.4 is 4.72 Å². The highest BCUT2D eigenvalue weighted by atomic mass is 35.5. The minimum atomic E-state index is -3.54. The van der Waals surface area contributed by atoms with Crippen molar-refractivity contribution in [2.75, 3.05) is 13.2 Å². The quantitative estimate of drug-likeness (QED) is 0.856. The summed E-state index contributed by atoms with van der Waals surface area (Å²) in [7, 11) is -3.54. The summed E-state index contributed by atoms with van der Waals surface area (Å²) in [6.45, 7) is 2.20. The number of halogens is 3. The van der Waals surface area contributed by atoms with Gasteiger partial charge in [-0.25, -0.2) is 17.5 Å². The molecule has 8 heteroatoms. The lowest BCUT2D eigenvalue weighted by molar-refractivity contribution is 0.198. The summed E-state index contributed by atoms with van der Waals surface area (Å²) in [4.78, 5) is 0. The minimum absolute atomic E-state index is 0.0991. The molecule has 0 amide bonds. The maximum atomic E-state index is 13.5. The maximum Gasteiger partial charge on any atom is 0.217 e. The summed E-state index contributed by atoms with van der Waals surface area (Å²) in [5.41, 5.74) is 0.344. The Morgan fingerprint density at radius 2 is 2.10 bits per heavy atom. The molecular formula is C12H14Cl2FNO3S. The molecule has 0 unspecified atom stereocenters. The number of sulfonamides is 1. The molecule has 0 aromatic heterocycles. The Hall–Kier alpha value is -0.400. The zero-order valence-corrected chi connectivity index (χ0v) is 13.0. The third-order valence-electron chi connectivity index (χ3n) is 3.17. The fraction of sp³-hybridized carbons (Fsp3) is 0.500. The Labute approximate surface area is 127 Å². The summed E-state index contributed by atoms with van der Waals surface area (Å²) < 4.78 is 45.3. The number of hydrogen-bond acceptors (Lipinski definition) is 3. The van der Waals surface area contributed by atoms with E-state index in [1.165, 1.54) is 6.07 Å². The maximum absolute atomic E-state index is 13.5. The van der Waals surface area contributed by atoms with E-state index in [1.807, 2.05) is 0 Å². The SMILES string of the molecule is C[C@H](NS(=O)(=O)[C@@H]1CCOC1)c1cc(F)c(Cl)cc1Cl. The van der Waals surface area contributed by atoms with Crippen LogP contribution in [0.25, 0.3) is 0 Å². The Balaban J connectivity index is 2.19. The van der Waals surface area contributed by atoms with Crippen molar-refractivity contribution in [1.29, 1.82) is 0 Å². The summed E-state index contributed by atoms with van der Waals surface area (Å²) in [5, 5.41) is -0.465. The lowest BCUT2D eigenvalue weighted by atomic mass is 10.1. The zero-order chi connectivity index (χ0) is 14.9. The summed E-state index contributed by atoms with van der Waals surface area (Å²) in [5.74, 6) is -0.638. The largest absolute Gasteiger partial charge is 0.380 e. The predicted octanol–water partition coefficient (Wildman–Crippen LogP) is 2.90. The van der Waals surface area contributed by atoms with Gasteiger partial charge in [-0.15, -0.1) is 0 Å². The summed E-state index contributed by atoms with van der Waals surface area (Å²) >= 11 is 11.6. The molecule has 20 heavy (non-hydrogen) atoms. The molecule has 2 rings (SSSR count). The second kappa shape index (κ2) is 6.15. The molecule has 1 aliphatic heterocycles. The molecule has 1 aromatic carbocycles. The van der Waals surface area contributed by atoms with Crippen molar-refractivity contribution >= 4 is 33.2 Å². The van der Waals surface area contributed by atoms with Gasteiger partial charge in [-0.05, 0) is 31.0 Å². The van der Waals surface area contributed by atoms with Crippen molar-refractivity contribution in [2.45, 2.75) is 24.6 Å². The Bertz CT molecular complexity index is 603. The van der Waals surface area contributed by atoms with Gasteiger partial charge >= 0.3 is 0 Å². The first-order chi connectivity index (χ1) is 9.31. The first kappa shape index (κ1) is 16.0. The zero-order valence-electron chi connectivity index (χ0n) is 10.7. The molecule has 112 valence electrons. The minimum Gasteiger partial charge on any atom is -0.380 e. The van der Waals surface area contributed by atoms with Crippen LogP contribution in [0.4, 0.5) is 4.39 Å². The van der Waals surface area contributed by atoms with E-state index >= 15 is 0 Å². The first-order valence-electron chi connectivity index (χ1n) is 6.04. The third kappa shape index (κ3) is 3.43. The number of benzene rings is 1. The average Bonchev–Trinajstić information content (AvgIpc) is 2.87. The van der Waals surface area contributed by atoms with Gasteiger partial charge in [0.2, 0.25) is 10.0 Å². The molecule has 1 heterocycles. The van der Waals surface area contributed by atoms with Gasteiger partial charge in [0.05, 0.1) is 11.6 Å². The second-order valence-corrected chi connectivity index (χ2v) is 7.46. The van der Waals surface area contributed by atoms with Crippen LogP contribution in [-0.4, -0.2) is 26.9 Å². The third-order valence-corrected chi connectivity index (χ3v) is 5.72. The van der Waals surface area contributed by atoms with Gasteiger partial charge in [0.1, 0.15) is 11.1 Å². The Morgan fingerprint density at radius 3 is 2.70 bits per heavy atom. The predicted molar refractivity (Wildman–Crippen MR) is 76.1 cm³/mol. The van der Waals surface area contributed by atoms with Crippen LogP contribution in [0.1, 0.15) is 24.9 Å². The Morgan fingerprint density at radius 1 is 1.40 bits per heavy atom. The van der Waals surface area contributed by atoms with Crippen LogP contribution in [0, 0.1) is 5.82 Å². The molecule has 1 fully saturated rings. The molecule has 0 bridgehead atoms. The molecule has 0 aliphatic carbocycles. The highest BCUT2D eigenvalue weighted by molar-refractivity contribution is 7.90. The van der Waals surface area contributed by atoms with Crippen LogP contribution in [0.2, 0.25) is 10.0 Å². The van der Waals surface area contributed by atoms with E-state index in [-0.39, 0.29) is 16.7 Å². The van der Waals surface area contributed by atoms with E-state index in [1.54, 1.807) is 6.92 Å². The molecule has 4 nitrogen and oxygen atoms in total. The van der Waals surface area contributed by atoms with Gasteiger partial charge in [0.25, 0.3) is 0 Å². The highest BCUT2D eigenvalue weighted by Gasteiger charge is 2.31. The van der Waals surface area contributed by atoms with Crippen molar-refractivity contribution in [3.63, 3.8) is 0 Å². The monoisotopic (exact) mass is 341 g/mol. The van der Waals surface area contributed by atoms with Crippen LogP contribution in [0.3, 0.4) is 0 Å². The fourth-order valence-corrected chi connectivity index (χ4v) is 4.07. The molecular weight excluding hydrogens is 328 g/mol. The number of rotatable bonds is 4. The molecule has 1 aliphatic rings. The van der Waals surface area contributed by atoms with Crippen molar-refractivity contribution < 1.29 is 17.5 Å². The van der Waals surface area contributed by atoms with Gasteiger partial charge in [-0.3, -0.25) is 0 Å². The van der Waals surface area contributed by atoms with Crippen LogP contribution >= 0.6 is 23.2 Å². The van der Waals surface area contributed by atoms with Gasteiger partial charge in [-0.1, -0.05) is 23.2 Å². The van der Waals surface area contributed by atoms with Crippen LogP contribution in [-0.2, 0) is 14.8 Å². The lowest BCUT2D eigenvalue weighted by Gasteiger charge is -2.18. The normalized spacial score (nSPS) is 21.1. The van der Waals surface area contributed by atoms with E-state index in [0.717, 1.165) is 6.07 Å². The molecule has 0 radical (unpaired) electrons. The number of ether oxygens (including phenoxy) is 1. The highest BCUT2D eigenvalue weighted by Crippen LogP contribution is 2.29. The smallest absolute Gasteiger partial charge is 0.217 e. The molecule has 1 N–H and O–H groups in total. The molecule has 0 spiro atoms. The Kier molecular flexibility index (Phi) is 4.92. The topological polar surface area (TPSA) is 55.4 Å². The van der Waals surface area contributed by atoms with E-state index in [2.05, 4.69) is 4.72 Å². The molecule has 1 saturated heterocycles. The first-order valence-corrected chi connectivity index (χ1v) is 8.35. The molecule has 0 saturated carbocycles. The molecule has 1 aromatic rings. The van der Waals surface area contributed by atoms with Crippen molar-refractivity contribution in [3.8, 4) is 0 Å². The standard InChI is InChI=1S/C12H14Cl2FNO3S/c1-7(9-4-12(15)11(14)5-10(9)13)16-20(17,18)8-2-3-19-6-8/h4-5,7-8,16H,2-3,6H2,1H3/t7-,8+/m0/s1. The number of nitrogens with one attached hydrogen (secondary N) is 1. The second-order valence-electron chi connectivity index (χ2n) is 4.66.